The average molecular weight is 611 g/mol. The number of carbonyl (C=O) groups excluding carboxylic acids is 3. The molecule has 15 heteroatoms. The molecule has 1 saturated carbocycles. The van der Waals surface area contributed by atoms with Crippen LogP contribution in [0, 0.1) is 5.92 Å². The summed E-state index contributed by atoms with van der Waals surface area (Å²) in [7, 11) is 1.18. The molecule has 2 amide bonds. The number of ether oxygens (including phenoxy) is 4. The van der Waals surface area contributed by atoms with E-state index in [-0.39, 0.29) is 48.4 Å². The topological polar surface area (TPSA) is 176 Å². The molecule has 1 aliphatic carbocycles. The van der Waals surface area contributed by atoms with Crippen LogP contribution in [0.4, 0.5) is 13.6 Å². The molecule has 0 bridgehead atoms. The van der Waals surface area contributed by atoms with Crippen molar-refractivity contribution in [2.45, 2.75) is 70.4 Å². The second-order valence-corrected chi connectivity index (χ2v) is 11.3. The molecule has 43 heavy (non-hydrogen) atoms. The number of carbonyl (C=O) groups is 3. The fourth-order valence-electron chi connectivity index (χ4n) is 4.45. The molecule has 2 heterocycles. The molecular formula is C28H36F2N4O9. The molecule has 3 atom stereocenters. The zero-order chi connectivity index (χ0) is 31.5. The number of nitrogens with one attached hydrogen (secondary N) is 1. The normalized spacial score (nSPS) is 19.2. The number of amides is 2. The van der Waals surface area contributed by atoms with E-state index in [0.29, 0.717) is 18.1 Å². The number of likely N-dealkylation sites (tertiary alicyclic amines) is 1. The Labute approximate surface area is 246 Å². The highest BCUT2D eigenvalue weighted by molar-refractivity contribution is 5.97. The van der Waals surface area contributed by atoms with Crippen molar-refractivity contribution in [3.8, 4) is 23.0 Å². The molecular weight excluding hydrogens is 574 g/mol. The van der Waals surface area contributed by atoms with E-state index in [1.807, 2.05) is 0 Å². The maximum absolute atomic E-state index is 13.9. The van der Waals surface area contributed by atoms with Gasteiger partial charge in [-0.15, -0.1) is 0 Å². The number of esters is 1. The van der Waals surface area contributed by atoms with Crippen LogP contribution in [0.1, 0.15) is 62.3 Å². The third kappa shape index (κ3) is 8.32. The molecule has 0 spiro atoms. The van der Waals surface area contributed by atoms with Crippen molar-refractivity contribution in [3.63, 3.8) is 0 Å². The third-order valence-electron chi connectivity index (χ3n) is 6.76. The summed E-state index contributed by atoms with van der Waals surface area (Å²) in [5, 5.41) is 12.6. The summed E-state index contributed by atoms with van der Waals surface area (Å²) in [4.78, 5) is 44.3. The Balaban J connectivity index is 1.64. The molecule has 2 fully saturated rings. The van der Waals surface area contributed by atoms with Crippen LogP contribution in [0.15, 0.2) is 22.6 Å². The van der Waals surface area contributed by atoms with E-state index in [2.05, 4.69) is 19.8 Å². The molecule has 236 valence electrons. The van der Waals surface area contributed by atoms with E-state index in [0.717, 1.165) is 12.8 Å². The van der Waals surface area contributed by atoms with E-state index in [9.17, 15) is 28.3 Å². The fraction of sp³-hybridized carbons (Fsp3) is 0.571. The van der Waals surface area contributed by atoms with Crippen LogP contribution in [-0.4, -0.2) is 84.1 Å². The minimum absolute atomic E-state index is 0.0110. The summed E-state index contributed by atoms with van der Waals surface area (Å²) in [6, 6.07) is 1.55. The first kappa shape index (κ1) is 31.9. The van der Waals surface area contributed by atoms with Gasteiger partial charge in [-0.3, -0.25) is 4.79 Å². The Bertz CT molecular complexity index is 1320. The predicted molar refractivity (Wildman–Crippen MR) is 145 cm³/mol. The highest BCUT2D eigenvalue weighted by Crippen LogP contribution is 2.37. The number of nitrogens with zero attached hydrogens (tertiary/aromatic N) is 2. The van der Waals surface area contributed by atoms with Crippen molar-refractivity contribution in [2.24, 2.45) is 11.7 Å². The van der Waals surface area contributed by atoms with Crippen molar-refractivity contribution in [1.29, 1.82) is 0 Å². The molecule has 1 aliphatic heterocycles. The van der Waals surface area contributed by atoms with Crippen molar-refractivity contribution >= 4 is 18.0 Å². The van der Waals surface area contributed by atoms with Gasteiger partial charge in [-0.2, -0.15) is 8.78 Å². The molecule has 1 aromatic heterocycles. The number of methoxy groups -OCH3 is 1. The number of rotatable bonds is 12. The van der Waals surface area contributed by atoms with Crippen LogP contribution in [0.25, 0.3) is 11.5 Å². The van der Waals surface area contributed by atoms with Crippen LogP contribution in [0.2, 0.25) is 0 Å². The van der Waals surface area contributed by atoms with Crippen molar-refractivity contribution in [3.05, 3.63) is 29.7 Å². The van der Waals surface area contributed by atoms with Gasteiger partial charge in [0.1, 0.15) is 12.6 Å². The van der Waals surface area contributed by atoms with Gasteiger partial charge in [-0.1, -0.05) is 0 Å². The zero-order valence-electron chi connectivity index (χ0n) is 24.3. The maximum atomic E-state index is 13.9. The number of aliphatic hydroxyl groups is 1. The van der Waals surface area contributed by atoms with Gasteiger partial charge >= 0.3 is 18.7 Å². The fourth-order valence-corrected chi connectivity index (χ4v) is 4.45. The quantitative estimate of drug-likeness (QED) is 0.301. The number of hydrogen-bond donors (Lipinski definition) is 3. The Morgan fingerprint density at radius 3 is 2.58 bits per heavy atom. The molecule has 4 rings (SSSR count). The lowest BCUT2D eigenvalue weighted by Crippen LogP contribution is -2.43. The third-order valence-corrected chi connectivity index (χ3v) is 6.76. The summed E-state index contributed by atoms with van der Waals surface area (Å²) in [6.07, 6.45) is 1.22. The summed E-state index contributed by atoms with van der Waals surface area (Å²) in [6.45, 7) is 1.34. The van der Waals surface area contributed by atoms with Gasteiger partial charge in [-0.25, -0.2) is 14.6 Å². The van der Waals surface area contributed by atoms with Crippen LogP contribution in [0.3, 0.4) is 0 Å². The van der Waals surface area contributed by atoms with Gasteiger partial charge in [0, 0.05) is 18.5 Å². The zero-order valence-corrected chi connectivity index (χ0v) is 24.3. The number of alkyl halides is 2. The summed E-state index contributed by atoms with van der Waals surface area (Å²) >= 11 is 0. The highest BCUT2D eigenvalue weighted by atomic mass is 19.3. The van der Waals surface area contributed by atoms with Crippen molar-refractivity contribution in [1.82, 2.24) is 15.2 Å². The lowest BCUT2D eigenvalue weighted by molar-refractivity contribution is -0.154. The van der Waals surface area contributed by atoms with Gasteiger partial charge < -0.3 is 44.4 Å². The first-order valence-electron chi connectivity index (χ1n) is 13.8. The van der Waals surface area contributed by atoms with Crippen LogP contribution in [-0.2, 0) is 14.3 Å². The van der Waals surface area contributed by atoms with Gasteiger partial charge in [0.05, 0.1) is 31.4 Å². The first-order chi connectivity index (χ1) is 20.3. The molecule has 0 radical (unpaired) electrons. The molecule has 2 aliphatic rings. The smallest absolute Gasteiger partial charge is 0.407 e. The van der Waals surface area contributed by atoms with Gasteiger partial charge in [-0.05, 0) is 57.7 Å². The summed E-state index contributed by atoms with van der Waals surface area (Å²) < 4.78 is 52.1. The van der Waals surface area contributed by atoms with Crippen LogP contribution in [0.5, 0.6) is 11.5 Å². The van der Waals surface area contributed by atoms with Crippen LogP contribution < -0.4 is 20.5 Å². The SMILES string of the molecule is COC(=O)N[C@@H]1C[C@@H](C(=O)OCC(C)(C)O)N(C(=O)c2nc(-c3ccc(OC(F)F)c(OCC4CC4)c3)oc2[C@H](C)N)C1. The molecule has 1 aromatic carbocycles. The maximum Gasteiger partial charge on any atom is 0.407 e. The van der Waals surface area contributed by atoms with Gasteiger partial charge in [0.25, 0.3) is 5.91 Å². The number of hydrogen-bond acceptors (Lipinski definition) is 11. The molecule has 13 nitrogen and oxygen atoms in total. The number of benzene rings is 1. The number of oxazole rings is 1. The lowest BCUT2D eigenvalue weighted by Gasteiger charge is -2.24. The lowest BCUT2D eigenvalue weighted by atomic mass is 10.1. The molecule has 4 N–H and O–H groups in total. The van der Waals surface area contributed by atoms with Crippen molar-refractivity contribution < 1.29 is 51.6 Å². The predicted octanol–water partition coefficient (Wildman–Crippen LogP) is 3.00. The standard InChI is InChI=1S/C28H36F2N4O9/c1-14(31)22-21(24(35)34-11-17(32-27(37)39-4)10-18(34)25(36)41-13-28(2,3)38)33-23(43-22)16-7-8-19(42-26(29)30)20(9-16)40-12-15-5-6-15/h7-9,14-15,17-18,26,38H,5-6,10-13,31H2,1-4H3,(H,32,37)/t14-,17+,18-/m0/s1. The minimum Gasteiger partial charge on any atom is -0.489 e. The highest BCUT2D eigenvalue weighted by Gasteiger charge is 2.44. The van der Waals surface area contributed by atoms with Crippen LogP contribution >= 0.6 is 0 Å². The van der Waals surface area contributed by atoms with E-state index in [4.69, 9.17) is 19.6 Å². The number of aromatic nitrogens is 1. The number of alkyl carbamates (subject to hydrolysis) is 1. The largest absolute Gasteiger partial charge is 0.489 e. The van der Waals surface area contributed by atoms with Gasteiger partial charge in [0.15, 0.2) is 23.0 Å². The molecule has 1 saturated heterocycles. The monoisotopic (exact) mass is 610 g/mol. The summed E-state index contributed by atoms with van der Waals surface area (Å²) in [5.74, 6) is -1.30. The number of halogens is 2. The molecule has 0 unspecified atom stereocenters. The summed E-state index contributed by atoms with van der Waals surface area (Å²) in [5.41, 5.74) is 4.93. The Kier molecular flexibility index (Phi) is 9.75. The minimum atomic E-state index is -3.06. The van der Waals surface area contributed by atoms with E-state index in [1.54, 1.807) is 6.92 Å². The van der Waals surface area contributed by atoms with Crippen molar-refractivity contribution in [2.75, 3.05) is 26.9 Å². The Hall–Kier alpha value is -3.98. The van der Waals surface area contributed by atoms with Gasteiger partial charge in [0.2, 0.25) is 5.89 Å². The van der Waals surface area contributed by atoms with E-state index in [1.165, 1.54) is 44.1 Å². The Morgan fingerprint density at radius 1 is 1.26 bits per heavy atom. The average Bonchev–Trinajstić information content (AvgIpc) is 3.50. The van der Waals surface area contributed by atoms with E-state index < -0.39 is 48.3 Å². The first-order valence-corrected chi connectivity index (χ1v) is 13.8. The molecule has 2 aromatic rings. The second kappa shape index (κ2) is 13.1. The number of nitrogens with two attached hydrogens (primary N) is 1. The van der Waals surface area contributed by atoms with E-state index >= 15 is 0 Å². The Morgan fingerprint density at radius 2 is 1.98 bits per heavy atom. The second-order valence-electron chi connectivity index (χ2n) is 11.3.